The average Bonchev–Trinajstić information content (AvgIpc) is 2.29. The molecule has 0 unspecified atom stereocenters. The molecule has 0 amide bonds. The maximum Gasteiger partial charge on any atom is 0.0638 e. The second-order valence-electron chi connectivity index (χ2n) is 3.65. The van der Waals surface area contributed by atoms with Crippen LogP contribution in [0.2, 0.25) is 0 Å². The van der Waals surface area contributed by atoms with Crippen LogP contribution < -0.4 is 0 Å². The fourth-order valence-electron chi connectivity index (χ4n) is 1.88. The van der Waals surface area contributed by atoms with Crippen molar-refractivity contribution in [1.82, 2.24) is 4.90 Å². The van der Waals surface area contributed by atoms with Crippen molar-refractivity contribution in [2.45, 2.75) is 17.6 Å². The topological polar surface area (TPSA) is 12.5 Å². The first-order valence-electron chi connectivity index (χ1n) is 4.39. The minimum absolute atomic E-state index is 0.435. The number of ether oxygens (including phenoxy) is 1. The predicted octanol–water partition coefficient (Wildman–Crippen LogP) is 1.69. The van der Waals surface area contributed by atoms with Crippen LogP contribution in [0.5, 0.6) is 0 Å². The highest BCUT2D eigenvalue weighted by Crippen LogP contribution is 2.46. The van der Waals surface area contributed by atoms with Crippen molar-refractivity contribution < 1.29 is 4.74 Å². The highest BCUT2D eigenvalue weighted by molar-refractivity contribution is 8.04. The largest absolute Gasteiger partial charge is 0.381 e. The van der Waals surface area contributed by atoms with Crippen molar-refractivity contribution in [3.05, 3.63) is 11.6 Å². The van der Waals surface area contributed by atoms with Gasteiger partial charge in [0.05, 0.1) is 5.03 Å². The van der Waals surface area contributed by atoms with Crippen LogP contribution in [0.4, 0.5) is 0 Å². The van der Waals surface area contributed by atoms with Crippen molar-refractivity contribution in [3.8, 4) is 0 Å². The number of rotatable bonds is 0. The summed E-state index contributed by atoms with van der Waals surface area (Å²) in [5, 5.41) is 1.22. The minimum atomic E-state index is 0.435. The van der Waals surface area contributed by atoms with Gasteiger partial charge in [0, 0.05) is 31.6 Å². The lowest BCUT2D eigenvalue weighted by Crippen LogP contribution is -2.36. The molecule has 0 aromatic heterocycles. The summed E-state index contributed by atoms with van der Waals surface area (Å²) >= 11 is 1.95. The first kappa shape index (κ1) is 8.45. The van der Waals surface area contributed by atoms with Crippen LogP contribution in [0, 0.1) is 0 Å². The second kappa shape index (κ2) is 2.96. The highest BCUT2D eigenvalue weighted by atomic mass is 32.2. The third-order valence-corrected chi connectivity index (χ3v) is 4.21. The van der Waals surface area contributed by atoms with Crippen molar-refractivity contribution in [2.24, 2.45) is 0 Å². The number of hydrogen-bond donors (Lipinski definition) is 0. The molecule has 2 aliphatic heterocycles. The summed E-state index contributed by atoms with van der Waals surface area (Å²) in [6.45, 7) is 7.03. The lowest BCUT2D eigenvalue weighted by Gasteiger charge is -2.31. The Labute approximate surface area is 78.0 Å². The molecular formula is C9H15NOS. The van der Waals surface area contributed by atoms with Crippen LogP contribution in [-0.4, -0.2) is 36.5 Å². The molecule has 0 bridgehead atoms. The van der Waals surface area contributed by atoms with Crippen molar-refractivity contribution in [1.29, 1.82) is 0 Å². The van der Waals surface area contributed by atoms with Crippen LogP contribution in [0.15, 0.2) is 11.6 Å². The van der Waals surface area contributed by atoms with Gasteiger partial charge in [-0.05, 0) is 12.8 Å². The zero-order chi connectivity index (χ0) is 8.60. The van der Waals surface area contributed by atoms with E-state index in [9.17, 15) is 0 Å². The molecule has 3 heteroatoms. The quantitative estimate of drug-likeness (QED) is 0.570. The van der Waals surface area contributed by atoms with Crippen LogP contribution in [0.25, 0.3) is 0 Å². The Bertz CT molecular complexity index is 199. The molecule has 2 saturated heterocycles. The van der Waals surface area contributed by atoms with E-state index < -0.39 is 0 Å². The molecule has 2 aliphatic rings. The van der Waals surface area contributed by atoms with Crippen LogP contribution in [-0.2, 0) is 4.74 Å². The fraction of sp³-hybridized carbons (Fsp3) is 0.778. The molecular weight excluding hydrogens is 170 g/mol. The van der Waals surface area contributed by atoms with Crippen LogP contribution in [0.3, 0.4) is 0 Å². The van der Waals surface area contributed by atoms with Gasteiger partial charge in [-0.1, -0.05) is 6.58 Å². The number of hydrogen-bond acceptors (Lipinski definition) is 3. The molecule has 0 aliphatic carbocycles. The predicted molar refractivity (Wildman–Crippen MR) is 52.1 cm³/mol. The molecule has 1 spiro atoms. The van der Waals surface area contributed by atoms with E-state index in [1.807, 2.05) is 11.8 Å². The minimum Gasteiger partial charge on any atom is -0.381 e. The maximum atomic E-state index is 5.37. The Morgan fingerprint density at radius 3 is 2.67 bits per heavy atom. The lowest BCUT2D eigenvalue weighted by atomic mass is 9.99. The Balaban J connectivity index is 2.07. The Hall–Kier alpha value is -0.150. The van der Waals surface area contributed by atoms with E-state index in [1.165, 1.54) is 17.9 Å². The number of thioether (sulfide) groups is 1. The monoisotopic (exact) mass is 185 g/mol. The molecule has 68 valence electrons. The van der Waals surface area contributed by atoms with Crippen LogP contribution in [0.1, 0.15) is 12.8 Å². The summed E-state index contributed by atoms with van der Waals surface area (Å²) in [6, 6.07) is 0. The molecule has 2 fully saturated rings. The smallest absolute Gasteiger partial charge is 0.0638 e. The molecule has 0 atom stereocenters. The van der Waals surface area contributed by atoms with E-state index in [0.29, 0.717) is 4.75 Å². The van der Waals surface area contributed by atoms with Crippen molar-refractivity contribution in [2.75, 3.05) is 26.8 Å². The summed E-state index contributed by atoms with van der Waals surface area (Å²) in [6.07, 6.45) is 2.36. The standard InChI is InChI=1S/C9H15NOS/c1-8-10(2)7-9(12-8)3-5-11-6-4-9/h1,3-7H2,2H3. The van der Waals surface area contributed by atoms with Gasteiger partial charge in [0.2, 0.25) is 0 Å². The zero-order valence-corrected chi connectivity index (χ0v) is 8.32. The second-order valence-corrected chi connectivity index (χ2v) is 5.19. The molecule has 0 aromatic carbocycles. The van der Waals surface area contributed by atoms with Gasteiger partial charge in [-0.25, -0.2) is 0 Å². The normalized spacial score (nSPS) is 28.4. The Morgan fingerprint density at radius 2 is 2.17 bits per heavy atom. The highest BCUT2D eigenvalue weighted by Gasteiger charge is 2.40. The van der Waals surface area contributed by atoms with E-state index >= 15 is 0 Å². The van der Waals surface area contributed by atoms with Gasteiger partial charge >= 0.3 is 0 Å². The summed E-state index contributed by atoms with van der Waals surface area (Å²) in [7, 11) is 2.12. The Morgan fingerprint density at radius 1 is 1.50 bits per heavy atom. The summed E-state index contributed by atoms with van der Waals surface area (Å²) in [5.74, 6) is 0. The van der Waals surface area contributed by atoms with Gasteiger partial charge in [-0.3, -0.25) is 0 Å². The van der Waals surface area contributed by atoms with Crippen molar-refractivity contribution in [3.63, 3.8) is 0 Å². The van der Waals surface area contributed by atoms with E-state index in [-0.39, 0.29) is 0 Å². The van der Waals surface area contributed by atoms with Gasteiger partial charge in [-0.2, -0.15) is 0 Å². The van der Waals surface area contributed by atoms with Crippen LogP contribution >= 0.6 is 11.8 Å². The molecule has 2 heterocycles. The Kier molecular flexibility index (Phi) is 2.09. The van der Waals surface area contributed by atoms with E-state index in [0.717, 1.165) is 19.8 Å². The van der Waals surface area contributed by atoms with Gasteiger partial charge in [0.1, 0.15) is 0 Å². The van der Waals surface area contributed by atoms with Gasteiger partial charge in [-0.15, -0.1) is 11.8 Å². The molecule has 2 rings (SSSR count). The molecule has 0 N–H and O–H groups in total. The summed E-state index contributed by atoms with van der Waals surface area (Å²) < 4.78 is 5.80. The third kappa shape index (κ3) is 1.36. The maximum absolute atomic E-state index is 5.37. The van der Waals surface area contributed by atoms with E-state index in [2.05, 4.69) is 18.5 Å². The summed E-state index contributed by atoms with van der Waals surface area (Å²) in [5.41, 5.74) is 0. The molecule has 0 radical (unpaired) electrons. The van der Waals surface area contributed by atoms with Crippen molar-refractivity contribution >= 4 is 11.8 Å². The SMILES string of the molecule is C=C1SC2(CCOCC2)CN1C. The van der Waals surface area contributed by atoms with E-state index in [1.54, 1.807) is 0 Å². The lowest BCUT2D eigenvalue weighted by molar-refractivity contribution is 0.0745. The first-order valence-corrected chi connectivity index (χ1v) is 5.20. The third-order valence-electron chi connectivity index (χ3n) is 2.69. The number of nitrogens with zero attached hydrogens (tertiary/aromatic N) is 1. The first-order chi connectivity index (χ1) is 5.72. The van der Waals surface area contributed by atoms with Gasteiger partial charge in [0.15, 0.2) is 0 Å². The molecule has 2 nitrogen and oxygen atoms in total. The van der Waals surface area contributed by atoms with Gasteiger partial charge < -0.3 is 9.64 Å². The average molecular weight is 185 g/mol. The van der Waals surface area contributed by atoms with Gasteiger partial charge in [0.25, 0.3) is 0 Å². The molecule has 0 saturated carbocycles. The van der Waals surface area contributed by atoms with E-state index in [4.69, 9.17) is 4.74 Å². The summed E-state index contributed by atoms with van der Waals surface area (Å²) in [4.78, 5) is 2.26. The molecule has 12 heavy (non-hydrogen) atoms. The zero-order valence-electron chi connectivity index (χ0n) is 7.51. The fourth-order valence-corrected chi connectivity index (χ4v) is 3.23. The molecule has 0 aromatic rings.